The average Bonchev–Trinajstić information content (AvgIpc) is 3.28. The molecule has 11 heteroatoms. The van der Waals surface area contributed by atoms with Gasteiger partial charge in [0, 0.05) is 42.3 Å². The largest absolute Gasteiger partial charge is 0.378 e. The van der Waals surface area contributed by atoms with Gasteiger partial charge in [-0.25, -0.2) is 23.5 Å². The summed E-state index contributed by atoms with van der Waals surface area (Å²) in [5.41, 5.74) is 1.18. The van der Waals surface area contributed by atoms with E-state index >= 15 is 0 Å². The number of urea groups is 1. The van der Waals surface area contributed by atoms with Gasteiger partial charge in [0.2, 0.25) is 0 Å². The number of hydrogen-bond acceptors (Lipinski definition) is 6. The Morgan fingerprint density at radius 2 is 2.03 bits per heavy atom. The SMILES string of the molecule is N#Cc1cc(F)c(N[C@@H]2CCC[C@H](NC(=O)N3CCOCC3)C2)nc1-c1c[nH]c2ncc(F)cc12. The van der Waals surface area contributed by atoms with Crippen molar-refractivity contribution in [2.75, 3.05) is 31.6 Å². The summed E-state index contributed by atoms with van der Waals surface area (Å²) in [6, 6.07) is 4.16. The predicted octanol–water partition coefficient (Wildman–Crippen LogP) is 3.54. The molecule has 2 amide bonds. The number of morpholine rings is 1. The van der Waals surface area contributed by atoms with E-state index in [0.717, 1.165) is 31.5 Å². The minimum atomic E-state index is -0.645. The Bertz CT molecular complexity index is 1280. The number of halogens is 2. The Labute approximate surface area is 200 Å². The molecule has 5 rings (SSSR count). The predicted molar refractivity (Wildman–Crippen MR) is 125 cm³/mol. The lowest BCUT2D eigenvalue weighted by Crippen LogP contribution is -2.51. The summed E-state index contributed by atoms with van der Waals surface area (Å²) in [4.78, 5) is 25.7. The van der Waals surface area contributed by atoms with Gasteiger partial charge in [-0.1, -0.05) is 0 Å². The Morgan fingerprint density at radius 3 is 2.83 bits per heavy atom. The molecule has 0 bridgehead atoms. The molecule has 9 nitrogen and oxygen atoms in total. The molecule has 35 heavy (non-hydrogen) atoms. The zero-order valence-corrected chi connectivity index (χ0v) is 19.0. The standard InChI is InChI=1S/C24H25F2N7O2/c25-15-9-18-19(13-29-22(18)28-12-15)21-14(11-27)8-20(26)23(32-21)30-16-2-1-3-17(10-16)31-24(34)33-4-6-35-7-5-33/h8-9,12-13,16-17H,1-7,10H2,(H,28,29)(H,30,32)(H,31,34)/t16-,17+/m1/s1. The highest BCUT2D eigenvalue weighted by atomic mass is 19.1. The van der Waals surface area contributed by atoms with Crippen LogP contribution in [0, 0.1) is 23.0 Å². The van der Waals surface area contributed by atoms with Gasteiger partial charge in [0.05, 0.1) is 30.7 Å². The van der Waals surface area contributed by atoms with Gasteiger partial charge in [-0.15, -0.1) is 0 Å². The molecule has 1 saturated carbocycles. The zero-order valence-electron chi connectivity index (χ0n) is 19.0. The minimum Gasteiger partial charge on any atom is -0.378 e. The summed E-state index contributed by atoms with van der Waals surface area (Å²) in [7, 11) is 0. The molecule has 4 heterocycles. The van der Waals surface area contributed by atoms with Crippen LogP contribution in [0.5, 0.6) is 0 Å². The highest BCUT2D eigenvalue weighted by molar-refractivity contribution is 5.94. The lowest BCUT2D eigenvalue weighted by atomic mass is 9.91. The van der Waals surface area contributed by atoms with Crippen LogP contribution in [0.2, 0.25) is 0 Å². The van der Waals surface area contributed by atoms with Crippen molar-refractivity contribution in [3.05, 3.63) is 41.7 Å². The summed E-state index contributed by atoms with van der Waals surface area (Å²) < 4.78 is 34.0. The van der Waals surface area contributed by atoms with Gasteiger partial charge in [-0.2, -0.15) is 5.26 Å². The Morgan fingerprint density at radius 1 is 1.23 bits per heavy atom. The second kappa shape index (κ2) is 9.84. The number of fused-ring (bicyclic) bond motifs is 1. The summed E-state index contributed by atoms with van der Waals surface area (Å²) in [5.74, 6) is -1.15. The quantitative estimate of drug-likeness (QED) is 0.525. The number of carbonyl (C=O) groups is 1. The maximum atomic E-state index is 14.9. The van der Waals surface area contributed by atoms with Crippen LogP contribution in [-0.2, 0) is 4.74 Å². The molecule has 3 aromatic rings. The van der Waals surface area contributed by atoms with Crippen molar-refractivity contribution in [1.29, 1.82) is 5.26 Å². The first kappa shape index (κ1) is 23.0. The van der Waals surface area contributed by atoms with E-state index in [0.29, 0.717) is 49.3 Å². The van der Waals surface area contributed by atoms with E-state index in [1.807, 2.05) is 6.07 Å². The highest BCUT2D eigenvalue weighted by Crippen LogP contribution is 2.32. The molecular weight excluding hydrogens is 456 g/mol. The molecule has 2 fully saturated rings. The minimum absolute atomic E-state index is 0.0165. The number of rotatable bonds is 4. The fourth-order valence-electron chi connectivity index (χ4n) is 4.73. The number of pyridine rings is 2. The van der Waals surface area contributed by atoms with Crippen LogP contribution in [0.15, 0.2) is 24.5 Å². The number of nitrogens with one attached hydrogen (secondary N) is 3. The van der Waals surface area contributed by atoms with Crippen molar-refractivity contribution in [3.8, 4) is 17.3 Å². The van der Waals surface area contributed by atoms with Crippen LogP contribution in [-0.4, -0.2) is 64.3 Å². The van der Waals surface area contributed by atoms with E-state index in [9.17, 15) is 18.8 Å². The van der Waals surface area contributed by atoms with Crippen molar-refractivity contribution in [3.63, 3.8) is 0 Å². The monoisotopic (exact) mass is 481 g/mol. The number of H-pyrrole nitrogens is 1. The van der Waals surface area contributed by atoms with Crippen molar-refractivity contribution in [2.24, 2.45) is 0 Å². The maximum absolute atomic E-state index is 14.9. The van der Waals surface area contributed by atoms with Crippen molar-refractivity contribution >= 4 is 22.9 Å². The molecule has 182 valence electrons. The molecule has 3 N–H and O–H groups in total. The Balaban J connectivity index is 1.35. The first-order chi connectivity index (χ1) is 17.0. The van der Waals surface area contributed by atoms with Crippen LogP contribution in [0.25, 0.3) is 22.3 Å². The second-order valence-corrected chi connectivity index (χ2v) is 8.83. The Kier molecular flexibility index (Phi) is 6.46. The maximum Gasteiger partial charge on any atom is 0.317 e. The van der Waals surface area contributed by atoms with Gasteiger partial charge in [0.25, 0.3) is 0 Å². The highest BCUT2D eigenvalue weighted by Gasteiger charge is 2.27. The molecule has 3 aromatic heterocycles. The Hall–Kier alpha value is -3.78. The number of carbonyl (C=O) groups excluding carboxylic acids is 1. The summed E-state index contributed by atoms with van der Waals surface area (Å²) in [6.07, 6.45) is 5.80. The van der Waals surface area contributed by atoms with Gasteiger partial charge in [-0.05, 0) is 37.8 Å². The summed E-state index contributed by atoms with van der Waals surface area (Å²) in [6.45, 7) is 2.20. The second-order valence-electron chi connectivity index (χ2n) is 8.83. The molecule has 0 radical (unpaired) electrons. The fourth-order valence-corrected chi connectivity index (χ4v) is 4.73. The number of ether oxygens (including phenoxy) is 1. The van der Waals surface area contributed by atoms with Crippen LogP contribution in [0.3, 0.4) is 0 Å². The first-order valence-corrected chi connectivity index (χ1v) is 11.6. The van der Waals surface area contributed by atoms with Gasteiger partial charge < -0.3 is 25.3 Å². The lowest BCUT2D eigenvalue weighted by molar-refractivity contribution is 0.0521. The number of aromatic nitrogens is 3. The third-order valence-electron chi connectivity index (χ3n) is 6.49. The summed E-state index contributed by atoms with van der Waals surface area (Å²) in [5, 5.41) is 16.3. The van der Waals surface area contributed by atoms with E-state index in [4.69, 9.17) is 4.74 Å². The number of anilines is 1. The lowest BCUT2D eigenvalue weighted by Gasteiger charge is -2.33. The van der Waals surface area contributed by atoms with E-state index in [1.54, 1.807) is 11.1 Å². The molecule has 0 spiro atoms. The van der Waals surface area contributed by atoms with E-state index < -0.39 is 11.6 Å². The topological polar surface area (TPSA) is 119 Å². The number of aromatic amines is 1. The summed E-state index contributed by atoms with van der Waals surface area (Å²) >= 11 is 0. The number of nitriles is 1. The molecular formula is C24H25F2N7O2. The van der Waals surface area contributed by atoms with Crippen LogP contribution in [0.1, 0.15) is 31.2 Å². The van der Waals surface area contributed by atoms with Gasteiger partial charge in [0.1, 0.15) is 17.5 Å². The van der Waals surface area contributed by atoms with E-state index in [2.05, 4.69) is 25.6 Å². The third kappa shape index (κ3) is 4.88. The van der Waals surface area contributed by atoms with Gasteiger partial charge >= 0.3 is 6.03 Å². The van der Waals surface area contributed by atoms with Gasteiger partial charge in [-0.3, -0.25) is 0 Å². The van der Waals surface area contributed by atoms with Crippen molar-refractivity contribution < 1.29 is 18.3 Å². The molecule has 1 aliphatic heterocycles. The molecule has 0 unspecified atom stereocenters. The van der Waals surface area contributed by atoms with Crippen LogP contribution < -0.4 is 10.6 Å². The molecule has 1 saturated heterocycles. The zero-order chi connectivity index (χ0) is 24.4. The smallest absolute Gasteiger partial charge is 0.317 e. The molecule has 2 aliphatic rings. The fraction of sp³-hybridized carbons (Fsp3) is 0.417. The number of hydrogen-bond donors (Lipinski definition) is 3. The van der Waals surface area contributed by atoms with Gasteiger partial charge in [0.15, 0.2) is 11.6 Å². The number of nitrogens with zero attached hydrogens (tertiary/aromatic N) is 4. The molecule has 2 atom stereocenters. The first-order valence-electron chi connectivity index (χ1n) is 11.6. The van der Waals surface area contributed by atoms with Crippen LogP contribution >= 0.6 is 0 Å². The van der Waals surface area contributed by atoms with E-state index in [1.165, 1.54) is 6.07 Å². The molecule has 1 aliphatic carbocycles. The average molecular weight is 482 g/mol. The van der Waals surface area contributed by atoms with Crippen molar-refractivity contribution in [1.82, 2.24) is 25.2 Å². The number of amides is 2. The normalized spacial score (nSPS) is 20.4. The van der Waals surface area contributed by atoms with Crippen molar-refractivity contribution in [2.45, 2.75) is 37.8 Å². The third-order valence-corrected chi connectivity index (χ3v) is 6.49. The van der Waals surface area contributed by atoms with E-state index in [-0.39, 0.29) is 35.2 Å². The molecule has 0 aromatic carbocycles. The van der Waals surface area contributed by atoms with Crippen LogP contribution in [0.4, 0.5) is 19.4 Å².